The van der Waals surface area contributed by atoms with Crippen molar-refractivity contribution in [2.45, 2.75) is 19.8 Å². The van der Waals surface area contributed by atoms with Gasteiger partial charge in [-0.05, 0) is 24.6 Å². The fourth-order valence-electron chi connectivity index (χ4n) is 2.92. The molecule has 1 aromatic carbocycles. The van der Waals surface area contributed by atoms with E-state index in [1.807, 2.05) is 24.3 Å². The smallest absolute Gasteiger partial charge is 0.221 e. The lowest BCUT2D eigenvalue weighted by Gasteiger charge is -2.33. The zero-order valence-corrected chi connectivity index (χ0v) is 14.4. The number of carbonyl (C=O) groups excluding carboxylic acids is 1. The van der Waals surface area contributed by atoms with Crippen LogP contribution in [0.5, 0.6) is 5.75 Å². The monoisotopic (exact) mass is 319 g/mol. The number of piperazine rings is 1. The highest BCUT2D eigenvalue weighted by atomic mass is 16.5. The number of amides is 1. The molecule has 0 saturated carbocycles. The number of rotatable bonds is 8. The summed E-state index contributed by atoms with van der Waals surface area (Å²) in [7, 11) is 1.68. The maximum Gasteiger partial charge on any atom is 0.221 e. The number of hydrogen-bond donors (Lipinski definition) is 1. The van der Waals surface area contributed by atoms with Crippen LogP contribution in [0.1, 0.15) is 18.9 Å². The third kappa shape index (κ3) is 5.84. The summed E-state index contributed by atoms with van der Waals surface area (Å²) in [5.41, 5.74) is 1.13. The molecule has 128 valence electrons. The predicted molar refractivity (Wildman–Crippen MR) is 92.9 cm³/mol. The van der Waals surface area contributed by atoms with Crippen LogP contribution in [-0.2, 0) is 11.2 Å². The Morgan fingerprint density at radius 1 is 1.17 bits per heavy atom. The molecule has 1 amide bonds. The fourth-order valence-corrected chi connectivity index (χ4v) is 2.92. The number of nitrogens with zero attached hydrogens (tertiary/aromatic N) is 2. The summed E-state index contributed by atoms with van der Waals surface area (Å²) in [4.78, 5) is 16.8. The number of hydrogen-bond acceptors (Lipinski definition) is 4. The van der Waals surface area contributed by atoms with Crippen molar-refractivity contribution in [1.82, 2.24) is 15.1 Å². The van der Waals surface area contributed by atoms with Crippen molar-refractivity contribution in [2.75, 3.05) is 52.9 Å². The van der Waals surface area contributed by atoms with Crippen LogP contribution >= 0.6 is 0 Å². The minimum absolute atomic E-state index is 0.137. The molecule has 1 heterocycles. The second-order valence-corrected chi connectivity index (χ2v) is 5.94. The quantitative estimate of drug-likeness (QED) is 0.786. The number of methoxy groups -OCH3 is 1. The van der Waals surface area contributed by atoms with Crippen molar-refractivity contribution >= 4 is 5.91 Å². The molecule has 0 atom stereocenters. The molecule has 5 nitrogen and oxygen atoms in total. The van der Waals surface area contributed by atoms with E-state index in [0.29, 0.717) is 13.0 Å². The van der Waals surface area contributed by atoms with Crippen LogP contribution in [0.15, 0.2) is 24.3 Å². The summed E-state index contributed by atoms with van der Waals surface area (Å²) >= 11 is 0. The molecule has 0 bridgehead atoms. The molecule has 2 rings (SSSR count). The Balaban J connectivity index is 1.62. The molecule has 1 aliphatic heterocycles. The van der Waals surface area contributed by atoms with Crippen LogP contribution in [0.4, 0.5) is 0 Å². The molecule has 23 heavy (non-hydrogen) atoms. The van der Waals surface area contributed by atoms with Gasteiger partial charge in [-0.15, -0.1) is 0 Å². The average Bonchev–Trinajstić information content (AvgIpc) is 2.61. The molecule has 0 aliphatic carbocycles. The topological polar surface area (TPSA) is 44.8 Å². The predicted octanol–water partition coefficient (Wildman–Crippen LogP) is 1.38. The van der Waals surface area contributed by atoms with Gasteiger partial charge in [-0.3, -0.25) is 4.79 Å². The molecular weight excluding hydrogens is 290 g/mol. The third-order valence-corrected chi connectivity index (χ3v) is 4.48. The van der Waals surface area contributed by atoms with E-state index in [9.17, 15) is 4.79 Å². The van der Waals surface area contributed by atoms with Gasteiger partial charge in [0, 0.05) is 45.7 Å². The number of para-hydroxylation sites is 1. The van der Waals surface area contributed by atoms with Crippen LogP contribution in [0, 0.1) is 0 Å². The highest BCUT2D eigenvalue weighted by Gasteiger charge is 2.15. The van der Waals surface area contributed by atoms with Gasteiger partial charge in [0.15, 0.2) is 0 Å². The Kier molecular flexibility index (Phi) is 7.36. The summed E-state index contributed by atoms with van der Waals surface area (Å²) in [6.45, 7) is 9.21. The number of benzene rings is 1. The van der Waals surface area contributed by atoms with Crippen molar-refractivity contribution in [1.29, 1.82) is 0 Å². The van der Waals surface area contributed by atoms with E-state index in [-0.39, 0.29) is 5.91 Å². The van der Waals surface area contributed by atoms with Gasteiger partial charge < -0.3 is 19.9 Å². The standard InChI is InChI=1S/C18H29N3O2/c1-3-20-12-14-21(15-13-20)11-9-18(22)19-10-8-16-6-4-5-7-17(16)23-2/h4-7H,3,8-15H2,1-2H3,(H,19,22). The number of ether oxygens (including phenoxy) is 1. The first-order valence-electron chi connectivity index (χ1n) is 8.56. The molecular formula is C18H29N3O2. The third-order valence-electron chi connectivity index (χ3n) is 4.48. The van der Waals surface area contributed by atoms with Gasteiger partial charge in [0.2, 0.25) is 5.91 Å². The summed E-state index contributed by atoms with van der Waals surface area (Å²) < 4.78 is 5.32. The van der Waals surface area contributed by atoms with Gasteiger partial charge in [0.25, 0.3) is 0 Å². The Morgan fingerprint density at radius 3 is 2.57 bits per heavy atom. The Hall–Kier alpha value is -1.59. The van der Waals surface area contributed by atoms with Crippen LogP contribution in [0.25, 0.3) is 0 Å². The zero-order valence-electron chi connectivity index (χ0n) is 14.4. The van der Waals surface area contributed by atoms with Gasteiger partial charge in [0.05, 0.1) is 7.11 Å². The number of likely N-dealkylation sites (N-methyl/N-ethyl adjacent to an activating group) is 1. The number of carbonyl (C=O) groups is 1. The fraction of sp³-hybridized carbons (Fsp3) is 0.611. The first kappa shape index (κ1) is 17.8. The molecule has 0 spiro atoms. The Morgan fingerprint density at radius 2 is 1.87 bits per heavy atom. The van der Waals surface area contributed by atoms with E-state index >= 15 is 0 Å². The van der Waals surface area contributed by atoms with Crippen molar-refractivity contribution in [2.24, 2.45) is 0 Å². The lowest BCUT2D eigenvalue weighted by atomic mass is 10.1. The number of nitrogens with one attached hydrogen (secondary N) is 1. The van der Waals surface area contributed by atoms with Crippen molar-refractivity contribution in [3.63, 3.8) is 0 Å². The van der Waals surface area contributed by atoms with Crippen LogP contribution in [0.3, 0.4) is 0 Å². The van der Waals surface area contributed by atoms with Crippen LogP contribution < -0.4 is 10.1 Å². The molecule has 0 unspecified atom stereocenters. The molecule has 1 fully saturated rings. The van der Waals surface area contributed by atoms with Gasteiger partial charge in [-0.1, -0.05) is 25.1 Å². The second-order valence-electron chi connectivity index (χ2n) is 5.94. The van der Waals surface area contributed by atoms with Crippen LogP contribution in [0.2, 0.25) is 0 Å². The zero-order chi connectivity index (χ0) is 16.5. The first-order valence-corrected chi connectivity index (χ1v) is 8.56. The summed E-state index contributed by atoms with van der Waals surface area (Å²) in [5, 5.41) is 3.01. The minimum atomic E-state index is 0.137. The molecule has 1 N–H and O–H groups in total. The maximum absolute atomic E-state index is 12.0. The first-order chi connectivity index (χ1) is 11.2. The lowest BCUT2D eigenvalue weighted by molar-refractivity contribution is -0.121. The maximum atomic E-state index is 12.0. The highest BCUT2D eigenvalue weighted by molar-refractivity contribution is 5.76. The minimum Gasteiger partial charge on any atom is -0.496 e. The van der Waals surface area contributed by atoms with E-state index in [0.717, 1.165) is 57.0 Å². The SMILES string of the molecule is CCN1CCN(CCC(=O)NCCc2ccccc2OC)CC1. The van der Waals surface area contributed by atoms with Crippen LogP contribution in [-0.4, -0.2) is 68.6 Å². The summed E-state index contributed by atoms with van der Waals surface area (Å²) in [6, 6.07) is 7.94. The molecule has 5 heteroatoms. The van der Waals surface area contributed by atoms with Crippen molar-refractivity contribution in [3.8, 4) is 5.75 Å². The van der Waals surface area contributed by atoms with Gasteiger partial charge >= 0.3 is 0 Å². The summed E-state index contributed by atoms with van der Waals surface area (Å²) in [5.74, 6) is 1.02. The van der Waals surface area contributed by atoms with Gasteiger partial charge in [-0.2, -0.15) is 0 Å². The molecule has 1 aliphatic rings. The Bertz CT molecular complexity index is 485. The normalized spacial score (nSPS) is 16.3. The summed E-state index contributed by atoms with van der Waals surface area (Å²) in [6.07, 6.45) is 1.38. The highest BCUT2D eigenvalue weighted by Crippen LogP contribution is 2.17. The second kappa shape index (κ2) is 9.53. The van der Waals surface area contributed by atoms with Crippen molar-refractivity contribution < 1.29 is 9.53 Å². The Labute approximate surface area is 139 Å². The van der Waals surface area contributed by atoms with E-state index in [1.54, 1.807) is 7.11 Å². The van der Waals surface area contributed by atoms with Crippen molar-refractivity contribution in [3.05, 3.63) is 29.8 Å². The van der Waals surface area contributed by atoms with E-state index in [2.05, 4.69) is 22.0 Å². The largest absolute Gasteiger partial charge is 0.496 e. The van der Waals surface area contributed by atoms with E-state index in [1.165, 1.54) is 0 Å². The molecule has 0 radical (unpaired) electrons. The van der Waals surface area contributed by atoms with E-state index < -0.39 is 0 Å². The van der Waals surface area contributed by atoms with E-state index in [4.69, 9.17) is 4.74 Å². The molecule has 0 aromatic heterocycles. The molecule has 1 aromatic rings. The molecule has 1 saturated heterocycles. The van der Waals surface area contributed by atoms with Gasteiger partial charge in [-0.25, -0.2) is 0 Å². The lowest BCUT2D eigenvalue weighted by Crippen LogP contribution is -2.47. The average molecular weight is 319 g/mol. The van der Waals surface area contributed by atoms with Gasteiger partial charge in [0.1, 0.15) is 5.75 Å².